The van der Waals surface area contributed by atoms with Gasteiger partial charge in [-0.1, -0.05) is 35.5 Å². The third-order valence-corrected chi connectivity index (χ3v) is 2.21. The number of hydrogen-bond acceptors (Lipinski definition) is 5. The van der Waals surface area contributed by atoms with Crippen molar-refractivity contribution in [2.45, 2.75) is 12.5 Å². The SMILES string of the molecule is NC(CO)c1noc(Cc2ccccc2)n1. The summed E-state index contributed by atoms with van der Waals surface area (Å²) in [4.78, 5) is 4.11. The first kappa shape index (κ1) is 10.8. The highest BCUT2D eigenvalue weighted by Crippen LogP contribution is 2.10. The molecule has 16 heavy (non-hydrogen) atoms. The molecule has 0 saturated carbocycles. The zero-order chi connectivity index (χ0) is 11.4. The van der Waals surface area contributed by atoms with Gasteiger partial charge in [-0.05, 0) is 5.56 Å². The maximum atomic E-state index is 8.84. The molecular formula is C11H13N3O2. The molecule has 0 saturated heterocycles. The van der Waals surface area contributed by atoms with E-state index in [2.05, 4.69) is 10.1 Å². The van der Waals surface area contributed by atoms with E-state index in [1.54, 1.807) is 0 Å². The monoisotopic (exact) mass is 219 g/mol. The quantitative estimate of drug-likeness (QED) is 0.788. The number of aliphatic hydroxyl groups is 1. The molecule has 0 spiro atoms. The summed E-state index contributed by atoms with van der Waals surface area (Å²) in [6.45, 7) is -0.190. The van der Waals surface area contributed by atoms with Gasteiger partial charge in [0, 0.05) is 0 Å². The molecule has 1 aromatic carbocycles. The highest BCUT2D eigenvalue weighted by Gasteiger charge is 2.13. The van der Waals surface area contributed by atoms with Gasteiger partial charge >= 0.3 is 0 Å². The molecule has 2 rings (SSSR count). The highest BCUT2D eigenvalue weighted by molar-refractivity contribution is 5.18. The van der Waals surface area contributed by atoms with E-state index >= 15 is 0 Å². The van der Waals surface area contributed by atoms with Gasteiger partial charge in [0.25, 0.3) is 0 Å². The first-order valence-electron chi connectivity index (χ1n) is 5.02. The number of rotatable bonds is 4. The lowest BCUT2D eigenvalue weighted by molar-refractivity contribution is 0.259. The zero-order valence-corrected chi connectivity index (χ0v) is 8.71. The topological polar surface area (TPSA) is 85.2 Å². The summed E-state index contributed by atoms with van der Waals surface area (Å²) in [7, 11) is 0. The molecule has 1 atom stereocenters. The average molecular weight is 219 g/mol. The van der Waals surface area contributed by atoms with Crippen molar-refractivity contribution in [2.24, 2.45) is 5.73 Å². The van der Waals surface area contributed by atoms with E-state index in [1.807, 2.05) is 30.3 Å². The number of aliphatic hydroxyl groups excluding tert-OH is 1. The highest BCUT2D eigenvalue weighted by atomic mass is 16.5. The van der Waals surface area contributed by atoms with Crippen molar-refractivity contribution in [1.82, 2.24) is 10.1 Å². The van der Waals surface area contributed by atoms with Crippen LogP contribution in [0.1, 0.15) is 23.3 Å². The number of benzene rings is 1. The van der Waals surface area contributed by atoms with Gasteiger partial charge in [-0.25, -0.2) is 0 Å². The van der Waals surface area contributed by atoms with Crippen LogP contribution in [0.3, 0.4) is 0 Å². The van der Waals surface area contributed by atoms with E-state index in [4.69, 9.17) is 15.4 Å². The van der Waals surface area contributed by atoms with Crippen LogP contribution in [-0.4, -0.2) is 21.9 Å². The van der Waals surface area contributed by atoms with Crippen LogP contribution in [0.4, 0.5) is 0 Å². The van der Waals surface area contributed by atoms with Gasteiger partial charge in [-0.3, -0.25) is 0 Å². The Kier molecular flexibility index (Phi) is 3.28. The Morgan fingerprint density at radius 3 is 2.75 bits per heavy atom. The van der Waals surface area contributed by atoms with Gasteiger partial charge in [0.2, 0.25) is 5.89 Å². The number of nitrogens with two attached hydrogens (primary N) is 1. The second-order valence-corrected chi connectivity index (χ2v) is 3.50. The minimum atomic E-state index is -0.576. The van der Waals surface area contributed by atoms with E-state index in [-0.39, 0.29) is 6.61 Å². The lowest BCUT2D eigenvalue weighted by Crippen LogP contribution is -2.16. The fraction of sp³-hybridized carbons (Fsp3) is 0.273. The molecule has 5 nitrogen and oxygen atoms in total. The van der Waals surface area contributed by atoms with E-state index in [0.717, 1.165) is 5.56 Å². The van der Waals surface area contributed by atoms with Gasteiger partial charge in [0.15, 0.2) is 5.82 Å². The maximum Gasteiger partial charge on any atom is 0.231 e. The summed E-state index contributed by atoms with van der Waals surface area (Å²) in [6, 6.07) is 9.24. The minimum Gasteiger partial charge on any atom is -0.394 e. The molecule has 0 aliphatic carbocycles. The van der Waals surface area contributed by atoms with Crippen molar-refractivity contribution < 1.29 is 9.63 Å². The van der Waals surface area contributed by atoms with Crippen LogP contribution in [0.2, 0.25) is 0 Å². The number of nitrogens with zero attached hydrogens (tertiary/aromatic N) is 2. The Labute approximate surface area is 92.9 Å². The summed E-state index contributed by atoms with van der Waals surface area (Å²) in [6.07, 6.45) is 0.575. The molecule has 5 heteroatoms. The summed E-state index contributed by atoms with van der Waals surface area (Å²) in [5, 5.41) is 12.6. The van der Waals surface area contributed by atoms with Gasteiger partial charge in [0.05, 0.1) is 19.1 Å². The molecule has 1 unspecified atom stereocenters. The molecule has 1 heterocycles. The second-order valence-electron chi connectivity index (χ2n) is 3.50. The predicted octanol–water partition coefficient (Wildman–Crippen LogP) is 0.652. The Morgan fingerprint density at radius 1 is 1.31 bits per heavy atom. The van der Waals surface area contributed by atoms with Crippen LogP contribution in [0.25, 0.3) is 0 Å². The second kappa shape index (κ2) is 4.87. The lowest BCUT2D eigenvalue weighted by Gasteiger charge is -1.98. The molecule has 84 valence electrons. The summed E-state index contributed by atoms with van der Waals surface area (Å²) in [5.74, 6) is 0.846. The molecule has 0 aliphatic rings. The Bertz CT molecular complexity index is 442. The van der Waals surface area contributed by atoms with Crippen molar-refractivity contribution in [3.05, 3.63) is 47.6 Å². The lowest BCUT2D eigenvalue weighted by atomic mass is 10.1. The summed E-state index contributed by atoms with van der Waals surface area (Å²) < 4.78 is 5.04. The van der Waals surface area contributed by atoms with E-state index < -0.39 is 6.04 Å². The van der Waals surface area contributed by atoms with Crippen molar-refractivity contribution >= 4 is 0 Å². The smallest absolute Gasteiger partial charge is 0.231 e. The van der Waals surface area contributed by atoms with Crippen molar-refractivity contribution in [1.29, 1.82) is 0 Å². The molecule has 0 bridgehead atoms. The normalized spacial score (nSPS) is 12.6. The minimum absolute atomic E-state index is 0.190. The Morgan fingerprint density at radius 2 is 2.06 bits per heavy atom. The van der Waals surface area contributed by atoms with E-state index in [0.29, 0.717) is 18.1 Å². The zero-order valence-electron chi connectivity index (χ0n) is 8.71. The van der Waals surface area contributed by atoms with Gasteiger partial charge in [-0.15, -0.1) is 0 Å². The number of aromatic nitrogens is 2. The largest absolute Gasteiger partial charge is 0.394 e. The van der Waals surface area contributed by atoms with Gasteiger partial charge in [0.1, 0.15) is 0 Å². The predicted molar refractivity (Wildman–Crippen MR) is 57.6 cm³/mol. The molecule has 3 N–H and O–H groups in total. The van der Waals surface area contributed by atoms with Crippen LogP contribution in [0, 0.1) is 0 Å². The Hall–Kier alpha value is -1.72. The summed E-state index contributed by atoms with van der Waals surface area (Å²) in [5.41, 5.74) is 6.66. The molecule has 0 aliphatic heterocycles. The molecule has 2 aromatic rings. The standard InChI is InChI=1S/C11H13N3O2/c12-9(7-15)11-13-10(16-14-11)6-8-4-2-1-3-5-8/h1-5,9,15H,6-7,12H2. The fourth-order valence-corrected chi connectivity index (χ4v) is 1.34. The molecule has 0 amide bonds. The van der Waals surface area contributed by atoms with Crippen molar-refractivity contribution in [3.8, 4) is 0 Å². The van der Waals surface area contributed by atoms with Crippen molar-refractivity contribution in [2.75, 3.05) is 6.61 Å². The molecule has 1 aromatic heterocycles. The van der Waals surface area contributed by atoms with Crippen LogP contribution < -0.4 is 5.73 Å². The number of hydrogen-bond donors (Lipinski definition) is 2. The maximum absolute atomic E-state index is 8.84. The van der Waals surface area contributed by atoms with Crippen LogP contribution in [-0.2, 0) is 6.42 Å². The van der Waals surface area contributed by atoms with E-state index in [1.165, 1.54) is 0 Å². The fourth-order valence-electron chi connectivity index (χ4n) is 1.34. The molecular weight excluding hydrogens is 206 g/mol. The molecule has 0 fully saturated rings. The van der Waals surface area contributed by atoms with Gasteiger partial charge in [-0.2, -0.15) is 4.98 Å². The van der Waals surface area contributed by atoms with Crippen LogP contribution in [0.5, 0.6) is 0 Å². The van der Waals surface area contributed by atoms with Gasteiger partial charge < -0.3 is 15.4 Å². The van der Waals surface area contributed by atoms with Crippen LogP contribution >= 0.6 is 0 Å². The van der Waals surface area contributed by atoms with E-state index in [9.17, 15) is 0 Å². The molecule has 0 radical (unpaired) electrons. The first-order chi connectivity index (χ1) is 7.79. The third-order valence-electron chi connectivity index (χ3n) is 2.21. The first-order valence-corrected chi connectivity index (χ1v) is 5.02. The third kappa shape index (κ3) is 2.44. The van der Waals surface area contributed by atoms with Crippen molar-refractivity contribution in [3.63, 3.8) is 0 Å². The Balaban J connectivity index is 2.09. The summed E-state index contributed by atoms with van der Waals surface area (Å²) >= 11 is 0. The van der Waals surface area contributed by atoms with Crippen LogP contribution in [0.15, 0.2) is 34.9 Å². The average Bonchev–Trinajstić information content (AvgIpc) is 2.78.